The third-order valence-corrected chi connectivity index (χ3v) is 5.56. The molecule has 190 valence electrons. The summed E-state index contributed by atoms with van der Waals surface area (Å²) < 4.78 is 21.7. The summed E-state index contributed by atoms with van der Waals surface area (Å²) in [6.07, 6.45) is -7.62. The molecule has 1 saturated heterocycles. The van der Waals surface area contributed by atoms with E-state index >= 15 is 0 Å². The van der Waals surface area contributed by atoms with E-state index in [1.165, 1.54) is 36.6 Å². The van der Waals surface area contributed by atoms with Gasteiger partial charge in [0, 0.05) is 6.07 Å². The molecule has 5 atom stereocenters. The minimum atomic E-state index is -1.76. The van der Waals surface area contributed by atoms with Gasteiger partial charge in [0.2, 0.25) is 6.29 Å². The van der Waals surface area contributed by atoms with Gasteiger partial charge in [0.05, 0.1) is 17.6 Å². The number of aliphatic carboxylic acids is 1. The maximum absolute atomic E-state index is 13.0. The summed E-state index contributed by atoms with van der Waals surface area (Å²) in [6, 6.07) is 10.2. The molecule has 1 fully saturated rings. The number of aliphatic hydroxyl groups excluding tert-OH is 3. The van der Waals surface area contributed by atoms with Gasteiger partial charge in [-0.05, 0) is 29.8 Å². The molecule has 12 heteroatoms. The molecule has 0 amide bonds. The molecule has 0 radical (unpaired) electrons. The fraction of sp³-hybridized carbons (Fsp3) is 0.292. The Bertz CT molecular complexity index is 1310. The third-order valence-electron chi connectivity index (χ3n) is 5.56. The van der Waals surface area contributed by atoms with Gasteiger partial charge in [0.25, 0.3) is 0 Å². The van der Waals surface area contributed by atoms with Crippen molar-refractivity contribution in [1.82, 2.24) is 0 Å². The van der Waals surface area contributed by atoms with Gasteiger partial charge in [-0.15, -0.1) is 0 Å². The second-order valence-electron chi connectivity index (χ2n) is 8.03. The van der Waals surface area contributed by atoms with Crippen LogP contribution in [0, 0.1) is 0 Å². The fourth-order valence-electron chi connectivity index (χ4n) is 3.75. The number of ether oxygens (including phenoxy) is 3. The van der Waals surface area contributed by atoms with Gasteiger partial charge in [-0.2, -0.15) is 0 Å². The number of fused-ring (bicyclic) bond motifs is 1. The highest BCUT2D eigenvalue weighted by Crippen LogP contribution is 2.29. The monoisotopic (exact) mass is 502 g/mol. The Morgan fingerprint density at radius 1 is 1.03 bits per heavy atom. The summed E-state index contributed by atoms with van der Waals surface area (Å²) in [4.78, 5) is 35.6. The second-order valence-corrected chi connectivity index (χ2v) is 8.03. The smallest absolute Gasteiger partial charge is 0.317 e. The summed E-state index contributed by atoms with van der Waals surface area (Å²) in [5.41, 5.74) is 0.587. The Kier molecular flexibility index (Phi) is 7.22. The lowest BCUT2D eigenvalue weighted by atomic mass is 9.99. The van der Waals surface area contributed by atoms with Gasteiger partial charge >= 0.3 is 11.9 Å². The van der Waals surface area contributed by atoms with Crippen LogP contribution in [0.1, 0.15) is 6.42 Å². The molecular weight excluding hydrogens is 480 g/mol. The van der Waals surface area contributed by atoms with Crippen molar-refractivity contribution in [3.05, 3.63) is 59.0 Å². The minimum absolute atomic E-state index is 0.0451. The number of carbonyl (C=O) groups is 2. The molecule has 1 aromatic heterocycles. The van der Waals surface area contributed by atoms with E-state index in [4.69, 9.17) is 23.7 Å². The highest BCUT2D eigenvalue weighted by molar-refractivity contribution is 5.90. The summed E-state index contributed by atoms with van der Waals surface area (Å²) in [5, 5.41) is 48.5. The highest BCUT2D eigenvalue weighted by atomic mass is 16.7. The molecule has 5 N–H and O–H groups in total. The molecule has 2 heterocycles. The summed E-state index contributed by atoms with van der Waals surface area (Å²) in [6.45, 7) is -0.694. The van der Waals surface area contributed by atoms with E-state index in [0.717, 1.165) is 0 Å². The number of aromatic hydroxyl groups is 1. The highest BCUT2D eigenvalue weighted by Gasteiger charge is 2.48. The minimum Gasteiger partial charge on any atom is -0.508 e. The van der Waals surface area contributed by atoms with Crippen molar-refractivity contribution < 1.29 is 53.7 Å². The van der Waals surface area contributed by atoms with Crippen molar-refractivity contribution in [1.29, 1.82) is 0 Å². The van der Waals surface area contributed by atoms with Gasteiger partial charge < -0.3 is 44.2 Å². The standard InChI is InChI=1S/C24H22O12/c25-9-17-21(31)22(32)23(36-19(29)8-18(27)28)24(35-17)34-13-5-6-14-16(7-13)33-10-15(20(14)30)11-1-3-12(26)4-2-11/h1-7,10,17,21-26,31-32H,8-9H2,(H,27,28)/t17-,21-,22+,23-,24?/m1/s1. The summed E-state index contributed by atoms with van der Waals surface area (Å²) >= 11 is 0. The maximum atomic E-state index is 13.0. The van der Waals surface area contributed by atoms with Crippen LogP contribution in [0.4, 0.5) is 0 Å². The van der Waals surface area contributed by atoms with Crippen molar-refractivity contribution in [3.8, 4) is 22.6 Å². The van der Waals surface area contributed by atoms with E-state index in [1.807, 2.05) is 0 Å². The number of esters is 1. The molecule has 1 unspecified atom stereocenters. The predicted octanol–water partition coefficient (Wildman–Crippen LogP) is 0.370. The predicted molar refractivity (Wildman–Crippen MR) is 120 cm³/mol. The molecule has 12 nitrogen and oxygen atoms in total. The maximum Gasteiger partial charge on any atom is 0.317 e. The van der Waals surface area contributed by atoms with E-state index < -0.39 is 55.7 Å². The lowest BCUT2D eigenvalue weighted by Gasteiger charge is -2.41. The van der Waals surface area contributed by atoms with Crippen molar-refractivity contribution in [2.24, 2.45) is 0 Å². The average Bonchev–Trinajstić information content (AvgIpc) is 2.84. The van der Waals surface area contributed by atoms with E-state index in [-0.39, 0.29) is 33.5 Å². The first-order chi connectivity index (χ1) is 17.2. The molecule has 3 aromatic rings. The Hall–Kier alpha value is -3.97. The van der Waals surface area contributed by atoms with Crippen LogP contribution >= 0.6 is 0 Å². The zero-order valence-electron chi connectivity index (χ0n) is 18.5. The number of carboxylic acid groups (broad SMARTS) is 1. The normalized spacial score (nSPS) is 23.8. The number of phenols is 1. The first-order valence-electron chi connectivity index (χ1n) is 10.7. The first-order valence-corrected chi connectivity index (χ1v) is 10.7. The van der Waals surface area contributed by atoms with Gasteiger partial charge in [0.15, 0.2) is 11.5 Å². The zero-order chi connectivity index (χ0) is 26.0. The van der Waals surface area contributed by atoms with Gasteiger partial charge in [-0.25, -0.2) is 0 Å². The molecule has 36 heavy (non-hydrogen) atoms. The molecule has 1 aliphatic heterocycles. The number of benzene rings is 2. The van der Waals surface area contributed by atoms with Crippen LogP contribution < -0.4 is 10.2 Å². The number of hydrogen-bond acceptors (Lipinski definition) is 11. The van der Waals surface area contributed by atoms with Crippen molar-refractivity contribution in [2.75, 3.05) is 6.61 Å². The molecule has 0 aliphatic carbocycles. The van der Waals surface area contributed by atoms with Gasteiger partial charge in [-0.3, -0.25) is 14.4 Å². The molecule has 0 spiro atoms. The molecule has 2 aromatic carbocycles. The largest absolute Gasteiger partial charge is 0.508 e. The van der Waals surface area contributed by atoms with Crippen LogP contribution in [-0.4, -0.2) is 74.8 Å². The Balaban J connectivity index is 1.61. The SMILES string of the molecule is O=C(O)CC(=O)O[C@H]1C(Oc2ccc3c(=O)c(-c4ccc(O)cc4)coc3c2)O[C@H](CO)[C@@H](O)[C@@H]1O. The summed E-state index contributed by atoms with van der Waals surface area (Å²) in [7, 11) is 0. The van der Waals surface area contributed by atoms with Crippen LogP contribution in [0.3, 0.4) is 0 Å². The third kappa shape index (κ3) is 5.16. The van der Waals surface area contributed by atoms with Gasteiger partial charge in [0.1, 0.15) is 48.1 Å². The number of carboxylic acids is 1. The summed E-state index contributed by atoms with van der Waals surface area (Å²) in [5.74, 6) is -2.56. The molecule has 0 bridgehead atoms. The Morgan fingerprint density at radius 2 is 1.75 bits per heavy atom. The topological polar surface area (TPSA) is 193 Å². The van der Waals surface area contributed by atoms with Crippen LogP contribution in [-0.2, 0) is 19.1 Å². The van der Waals surface area contributed by atoms with Crippen molar-refractivity contribution in [2.45, 2.75) is 37.1 Å². The Morgan fingerprint density at radius 3 is 2.42 bits per heavy atom. The molecule has 0 saturated carbocycles. The van der Waals surface area contributed by atoms with Crippen molar-refractivity contribution >= 4 is 22.9 Å². The second kappa shape index (κ2) is 10.3. The van der Waals surface area contributed by atoms with E-state index in [0.29, 0.717) is 5.56 Å². The number of hydrogen-bond donors (Lipinski definition) is 5. The van der Waals surface area contributed by atoms with E-state index in [2.05, 4.69) is 0 Å². The Labute approximate surface area is 202 Å². The zero-order valence-corrected chi connectivity index (χ0v) is 18.5. The van der Waals surface area contributed by atoms with E-state index in [1.54, 1.807) is 12.1 Å². The lowest BCUT2D eigenvalue weighted by Crippen LogP contribution is -2.61. The molecule has 1 aliphatic rings. The van der Waals surface area contributed by atoms with Crippen LogP contribution in [0.25, 0.3) is 22.1 Å². The van der Waals surface area contributed by atoms with Crippen molar-refractivity contribution in [3.63, 3.8) is 0 Å². The number of aliphatic hydroxyl groups is 3. The number of rotatable bonds is 7. The van der Waals surface area contributed by atoms with Crippen LogP contribution in [0.2, 0.25) is 0 Å². The number of carbonyl (C=O) groups excluding carboxylic acids is 1. The quantitative estimate of drug-likeness (QED) is 0.220. The molecular formula is C24H22O12. The van der Waals surface area contributed by atoms with E-state index in [9.17, 15) is 34.8 Å². The first kappa shape index (κ1) is 25.1. The molecule has 4 rings (SSSR count). The van der Waals surface area contributed by atoms with Crippen LogP contribution in [0.15, 0.2) is 57.9 Å². The fourth-order valence-corrected chi connectivity index (χ4v) is 3.75. The lowest BCUT2D eigenvalue weighted by molar-refractivity contribution is -0.282. The van der Waals surface area contributed by atoms with Gasteiger partial charge in [-0.1, -0.05) is 12.1 Å². The average molecular weight is 502 g/mol. The van der Waals surface area contributed by atoms with Crippen LogP contribution in [0.5, 0.6) is 11.5 Å². The number of phenolic OH excluding ortho intramolecular Hbond substituents is 1.